The summed E-state index contributed by atoms with van der Waals surface area (Å²) in [6, 6.07) is 0. The summed E-state index contributed by atoms with van der Waals surface area (Å²) in [7, 11) is 0. The number of hydrogen-bond acceptors (Lipinski definition) is 0. The second-order valence-corrected chi connectivity index (χ2v) is 4.47. The molecule has 2 aliphatic rings. The summed E-state index contributed by atoms with van der Waals surface area (Å²) >= 11 is 0. The molecular formula is C11H15F. The summed E-state index contributed by atoms with van der Waals surface area (Å²) in [5.41, 5.74) is 0.0927. The van der Waals surface area contributed by atoms with Crippen LogP contribution >= 0.6 is 0 Å². The van der Waals surface area contributed by atoms with Crippen molar-refractivity contribution in [2.24, 2.45) is 5.41 Å². The lowest BCUT2D eigenvalue weighted by Crippen LogP contribution is -2.23. The molecule has 0 nitrogen and oxygen atoms in total. The minimum Gasteiger partial charge on any atom is -0.239 e. The molecule has 0 bridgehead atoms. The lowest BCUT2D eigenvalue weighted by atomic mass is 9.76. The van der Waals surface area contributed by atoms with E-state index in [-0.39, 0.29) is 5.41 Å². The fraction of sp³-hybridized carbons (Fsp3) is 0.636. The van der Waals surface area contributed by atoms with Crippen LogP contribution in [0, 0.1) is 5.41 Å². The summed E-state index contributed by atoms with van der Waals surface area (Å²) < 4.78 is 13.9. The Bertz CT molecular complexity index is 260. The third-order valence-corrected chi connectivity index (χ3v) is 3.33. The quantitative estimate of drug-likeness (QED) is 0.517. The molecule has 0 saturated heterocycles. The second-order valence-electron chi connectivity index (χ2n) is 4.47. The molecule has 0 aliphatic heterocycles. The maximum absolute atomic E-state index is 13.9. The SMILES string of the molecule is CC1(F)CCC2(C)CC=CC=C12. The number of rotatable bonds is 0. The molecular weight excluding hydrogens is 151 g/mol. The van der Waals surface area contributed by atoms with Gasteiger partial charge in [0.15, 0.2) is 0 Å². The predicted molar refractivity (Wildman–Crippen MR) is 48.7 cm³/mol. The largest absolute Gasteiger partial charge is 0.239 e. The van der Waals surface area contributed by atoms with Gasteiger partial charge in [-0.05, 0) is 37.2 Å². The topological polar surface area (TPSA) is 0 Å². The zero-order valence-electron chi connectivity index (χ0n) is 7.73. The van der Waals surface area contributed by atoms with Crippen LogP contribution in [0.4, 0.5) is 4.39 Å². The van der Waals surface area contributed by atoms with Crippen molar-refractivity contribution in [3.63, 3.8) is 0 Å². The fourth-order valence-corrected chi connectivity index (χ4v) is 2.49. The molecule has 0 radical (unpaired) electrons. The van der Waals surface area contributed by atoms with Crippen LogP contribution in [-0.2, 0) is 0 Å². The van der Waals surface area contributed by atoms with Gasteiger partial charge >= 0.3 is 0 Å². The van der Waals surface area contributed by atoms with Crippen LogP contribution in [0.2, 0.25) is 0 Å². The maximum Gasteiger partial charge on any atom is 0.130 e. The van der Waals surface area contributed by atoms with Crippen LogP contribution in [0.1, 0.15) is 33.1 Å². The first-order valence-corrected chi connectivity index (χ1v) is 4.61. The number of fused-ring (bicyclic) bond motifs is 1. The summed E-state index contributed by atoms with van der Waals surface area (Å²) in [6.45, 7) is 3.89. The Morgan fingerprint density at radius 1 is 1.33 bits per heavy atom. The molecule has 0 aromatic heterocycles. The van der Waals surface area contributed by atoms with Gasteiger partial charge in [0.05, 0.1) is 0 Å². The van der Waals surface area contributed by atoms with E-state index in [4.69, 9.17) is 0 Å². The van der Waals surface area contributed by atoms with E-state index < -0.39 is 5.67 Å². The van der Waals surface area contributed by atoms with E-state index in [9.17, 15) is 4.39 Å². The van der Waals surface area contributed by atoms with Crippen molar-refractivity contribution in [1.29, 1.82) is 0 Å². The molecule has 66 valence electrons. The first-order chi connectivity index (χ1) is 5.55. The van der Waals surface area contributed by atoms with Gasteiger partial charge < -0.3 is 0 Å². The molecule has 1 heteroatoms. The van der Waals surface area contributed by atoms with Crippen molar-refractivity contribution in [3.8, 4) is 0 Å². The highest BCUT2D eigenvalue weighted by molar-refractivity contribution is 5.35. The van der Waals surface area contributed by atoms with Gasteiger partial charge in [-0.3, -0.25) is 0 Å². The van der Waals surface area contributed by atoms with Crippen molar-refractivity contribution >= 4 is 0 Å². The highest BCUT2D eigenvalue weighted by atomic mass is 19.1. The van der Waals surface area contributed by atoms with Gasteiger partial charge in [-0.1, -0.05) is 25.2 Å². The van der Waals surface area contributed by atoms with Crippen LogP contribution in [0.15, 0.2) is 23.8 Å². The Balaban J connectivity index is 2.43. The van der Waals surface area contributed by atoms with E-state index in [0.717, 1.165) is 18.4 Å². The average molecular weight is 166 g/mol. The molecule has 0 N–H and O–H groups in total. The fourth-order valence-electron chi connectivity index (χ4n) is 2.49. The highest BCUT2D eigenvalue weighted by Gasteiger charge is 2.47. The van der Waals surface area contributed by atoms with Crippen LogP contribution in [0.5, 0.6) is 0 Å². The zero-order valence-corrected chi connectivity index (χ0v) is 7.73. The third-order valence-electron chi connectivity index (χ3n) is 3.33. The van der Waals surface area contributed by atoms with E-state index in [1.165, 1.54) is 0 Å². The molecule has 0 aromatic carbocycles. The Kier molecular flexibility index (Phi) is 1.48. The molecule has 0 aromatic rings. The first-order valence-electron chi connectivity index (χ1n) is 4.61. The number of alkyl halides is 1. The van der Waals surface area contributed by atoms with E-state index >= 15 is 0 Å². The van der Waals surface area contributed by atoms with Crippen LogP contribution < -0.4 is 0 Å². The smallest absolute Gasteiger partial charge is 0.130 e. The Morgan fingerprint density at radius 3 is 2.75 bits per heavy atom. The van der Waals surface area contributed by atoms with Gasteiger partial charge in [-0.2, -0.15) is 0 Å². The lowest BCUT2D eigenvalue weighted by molar-refractivity contribution is 0.244. The molecule has 0 amide bonds. The second kappa shape index (κ2) is 2.21. The molecule has 2 rings (SSSR count). The van der Waals surface area contributed by atoms with E-state index in [1.54, 1.807) is 6.92 Å². The van der Waals surface area contributed by atoms with E-state index in [0.29, 0.717) is 6.42 Å². The van der Waals surface area contributed by atoms with Gasteiger partial charge in [-0.25, -0.2) is 4.39 Å². The predicted octanol–water partition coefficient (Wildman–Crippen LogP) is 3.40. The van der Waals surface area contributed by atoms with Crippen molar-refractivity contribution in [2.75, 3.05) is 0 Å². The summed E-state index contributed by atoms with van der Waals surface area (Å²) in [5, 5.41) is 0. The molecule has 0 spiro atoms. The Morgan fingerprint density at radius 2 is 2.08 bits per heavy atom. The van der Waals surface area contributed by atoms with Crippen molar-refractivity contribution in [2.45, 2.75) is 38.8 Å². The monoisotopic (exact) mass is 166 g/mol. The summed E-state index contributed by atoms with van der Waals surface area (Å²) in [4.78, 5) is 0. The number of hydrogen-bond donors (Lipinski definition) is 0. The normalized spacial score (nSPS) is 45.8. The van der Waals surface area contributed by atoms with Gasteiger partial charge in [0, 0.05) is 0 Å². The van der Waals surface area contributed by atoms with Crippen LogP contribution in [0.3, 0.4) is 0 Å². The summed E-state index contributed by atoms with van der Waals surface area (Å²) in [5.74, 6) is 0. The average Bonchev–Trinajstić information content (AvgIpc) is 2.24. The lowest BCUT2D eigenvalue weighted by Gasteiger charge is -2.29. The molecule has 2 unspecified atom stereocenters. The first kappa shape index (κ1) is 8.03. The molecule has 12 heavy (non-hydrogen) atoms. The van der Waals surface area contributed by atoms with Gasteiger partial charge in [0.2, 0.25) is 0 Å². The maximum atomic E-state index is 13.9. The minimum absolute atomic E-state index is 0.123. The Hall–Kier alpha value is -0.590. The molecule has 0 heterocycles. The van der Waals surface area contributed by atoms with Gasteiger partial charge in [-0.15, -0.1) is 0 Å². The third kappa shape index (κ3) is 0.954. The highest BCUT2D eigenvalue weighted by Crippen LogP contribution is 2.53. The van der Waals surface area contributed by atoms with Crippen LogP contribution in [-0.4, -0.2) is 5.67 Å². The van der Waals surface area contributed by atoms with Crippen LogP contribution in [0.25, 0.3) is 0 Å². The summed E-state index contributed by atoms with van der Waals surface area (Å²) in [6.07, 6.45) is 8.80. The van der Waals surface area contributed by atoms with Gasteiger partial charge in [0.1, 0.15) is 5.67 Å². The van der Waals surface area contributed by atoms with Crippen molar-refractivity contribution in [1.82, 2.24) is 0 Å². The number of halogens is 1. The molecule has 1 saturated carbocycles. The molecule has 1 fully saturated rings. The standard InChI is InChI=1S/C11H15F/c1-10-6-4-3-5-9(10)11(2,12)8-7-10/h3-5H,6-8H2,1-2H3. The van der Waals surface area contributed by atoms with Crippen molar-refractivity contribution in [3.05, 3.63) is 23.8 Å². The van der Waals surface area contributed by atoms with E-state index in [2.05, 4.69) is 13.0 Å². The molecule has 2 atom stereocenters. The van der Waals surface area contributed by atoms with Gasteiger partial charge in [0.25, 0.3) is 0 Å². The number of allylic oxidation sites excluding steroid dienone is 4. The zero-order chi connectivity index (χ0) is 8.82. The van der Waals surface area contributed by atoms with Crippen molar-refractivity contribution < 1.29 is 4.39 Å². The molecule has 2 aliphatic carbocycles. The van der Waals surface area contributed by atoms with E-state index in [1.807, 2.05) is 12.2 Å². The minimum atomic E-state index is -1.04. The Labute approximate surface area is 73.2 Å².